The number of amides is 2. The molecule has 2 aliphatic heterocycles. The molecule has 0 aliphatic carbocycles. The second kappa shape index (κ2) is 14.1. The summed E-state index contributed by atoms with van der Waals surface area (Å²) in [6.07, 6.45) is 0.217. The number of aliphatic hydroxyl groups is 1. The normalized spacial score (nSPS) is 18.7. The molecule has 2 amide bonds. The number of hydrogen-bond acceptors (Lipinski definition) is 16. The number of nitrogens with two attached hydrogens (primary N) is 1. The zero-order valence-electron chi connectivity index (χ0n) is 26.9. The Morgan fingerprint density at radius 2 is 1.92 bits per heavy atom. The van der Waals surface area contributed by atoms with Crippen molar-refractivity contribution in [2.24, 2.45) is 12.2 Å². The Hall–Kier alpha value is -4.93. The van der Waals surface area contributed by atoms with Crippen molar-refractivity contribution in [1.29, 1.82) is 0 Å². The van der Waals surface area contributed by atoms with E-state index in [9.17, 15) is 37.6 Å². The lowest BCUT2D eigenvalue weighted by Crippen LogP contribution is -2.76. The molecule has 2 saturated heterocycles. The van der Waals surface area contributed by atoms with Crippen LogP contribution in [0.5, 0.6) is 5.75 Å². The molecule has 268 valence electrons. The van der Waals surface area contributed by atoms with Crippen molar-refractivity contribution in [1.82, 2.24) is 20.7 Å². The highest BCUT2D eigenvalue weighted by molar-refractivity contribution is 7.80. The van der Waals surface area contributed by atoms with E-state index in [-0.39, 0.29) is 10.8 Å². The highest BCUT2D eigenvalue weighted by Crippen LogP contribution is 2.33. The lowest BCUT2D eigenvalue weighted by molar-refractivity contribution is -0.656. The number of nitrogens with zero attached hydrogens (tertiary/aromatic N) is 4. The number of carbonyl (C=O) groups excluding carboxylic acids is 2. The molecule has 50 heavy (non-hydrogen) atoms. The van der Waals surface area contributed by atoms with Gasteiger partial charge in [-0.15, -0.1) is 11.3 Å². The first kappa shape index (κ1) is 36.4. The van der Waals surface area contributed by atoms with Crippen molar-refractivity contribution in [2.75, 3.05) is 37.3 Å². The number of β-amino-alcohol motifs (C(OH)–C–C–N with tert-alkyl or cyclic N) is 1. The Morgan fingerprint density at radius 1 is 1.24 bits per heavy atom. The predicted octanol–water partition coefficient (Wildman–Crippen LogP) is -1.29. The molecule has 0 unspecified atom stereocenters. The monoisotopic (exact) mass is 734 g/mol. The van der Waals surface area contributed by atoms with Gasteiger partial charge in [0.25, 0.3) is 23.7 Å². The average Bonchev–Trinajstić information content (AvgIpc) is 3.47. The first-order chi connectivity index (χ1) is 23.5. The summed E-state index contributed by atoms with van der Waals surface area (Å²) in [5, 5.41) is 34.1. The molecule has 2 fully saturated rings. The maximum absolute atomic E-state index is 13.2. The van der Waals surface area contributed by atoms with Gasteiger partial charge in [-0.2, -0.15) is 9.35 Å². The first-order valence-corrected chi connectivity index (χ1v) is 17.1. The van der Waals surface area contributed by atoms with Gasteiger partial charge in [0, 0.05) is 30.1 Å². The number of hydrogen-bond donors (Lipinski definition) is 6. The molecule has 19 nitrogen and oxygen atoms in total. The number of aliphatic carboxylic acids is 1. The average molecular weight is 735 g/mol. The van der Waals surface area contributed by atoms with Crippen LogP contribution in [0.3, 0.4) is 0 Å². The second-order valence-corrected chi connectivity index (χ2v) is 13.9. The van der Waals surface area contributed by atoms with Crippen LogP contribution in [-0.2, 0) is 41.0 Å². The van der Waals surface area contributed by atoms with E-state index < -0.39 is 63.8 Å². The fourth-order valence-electron chi connectivity index (χ4n) is 4.95. The number of carboxylic acids is 1. The molecule has 21 heteroatoms. The quantitative estimate of drug-likeness (QED) is 0.0265. The summed E-state index contributed by atoms with van der Waals surface area (Å²) in [5.41, 5.74) is 4.56. The fourth-order valence-corrected chi connectivity index (χ4v) is 5.95. The molecule has 2 aliphatic rings. The standard InChI is InChI=1S/C29H34N8O11S2/c1-28(2)23(25(39)37(28)48-50(43,44)45)34-24(38)22(19-12-49-27(30)33-19)35-47-20(26(40)41)11-46-18-7-4-16(5-8-18)17-6-9-21(36(3)10-17)32-15-29(42)13-31-14-29/h4-10,12,20,23,31,42H,11,13-15H2,1-3H3,(H5,30,33,34,38,40,41,43,44,45)/b35-22-/t20-,23+/m0/s1. The predicted molar refractivity (Wildman–Crippen MR) is 174 cm³/mol. The van der Waals surface area contributed by atoms with E-state index in [0.29, 0.717) is 30.4 Å². The summed E-state index contributed by atoms with van der Waals surface area (Å²) in [5.74, 6) is -2.40. The van der Waals surface area contributed by atoms with Gasteiger partial charge < -0.3 is 40.7 Å². The number of anilines is 2. The molecule has 3 aromatic rings. The van der Waals surface area contributed by atoms with Gasteiger partial charge in [0.2, 0.25) is 10.4 Å². The molecule has 0 bridgehead atoms. The summed E-state index contributed by atoms with van der Waals surface area (Å²) >= 11 is 0.948. The zero-order chi connectivity index (χ0) is 36.4. The molecule has 0 spiro atoms. The number of pyridine rings is 1. The van der Waals surface area contributed by atoms with Crippen molar-refractivity contribution in [3.05, 3.63) is 53.7 Å². The minimum Gasteiger partial charge on any atom is -0.724 e. The lowest BCUT2D eigenvalue weighted by Gasteiger charge is -2.51. The number of nitrogen functional groups attached to an aromatic ring is 1. The van der Waals surface area contributed by atoms with E-state index in [2.05, 4.69) is 30.4 Å². The topological polar surface area (TPSA) is 271 Å². The fraction of sp³-hybridized carbons (Fsp3) is 0.379. The molecule has 1 aromatic carbocycles. The Labute approximate surface area is 289 Å². The SMILES string of the molecule is C[n+]1cc(-c2ccc(OC[C@H](O/N=C(\C(=O)N[C@@H]3C(=O)N(OS(=O)(=O)[O-])C3(C)C)c3csc(N)n3)C(=O)O)cc2)ccc1NCC1(O)CNC1. The molecule has 5 rings (SSSR count). The highest BCUT2D eigenvalue weighted by atomic mass is 32.3. The molecular formula is C29H34N8O11S2. The van der Waals surface area contributed by atoms with Crippen molar-refractivity contribution >= 4 is 56.2 Å². The molecule has 2 aromatic heterocycles. The number of benzene rings is 1. The molecule has 7 N–H and O–H groups in total. The number of ether oxygens (including phenoxy) is 1. The molecule has 4 heterocycles. The number of β-lactam (4-membered cyclic amide) rings is 1. The van der Waals surface area contributed by atoms with Crippen LogP contribution in [0.4, 0.5) is 10.9 Å². The largest absolute Gasteiger partial charge is 0.724 e. The van der Waals surface area contributed by atoms with Gasteiger partial charge in [0.05, 0.1) is 18.8 Å². The highest BCUT2D eigenvalue weighted by Gasteiger charge is 2.57. The Balaban J connectivity index is 1.22. The Kier molecular flexibility index (Phi) is 10.3. The molecular weight excluding hydrogens is 700 g/mol. The van der Waals surface area contributed by atoms with Crippen LogP contribution in [0.25, 0.3) is 11.1 Å². The smallest absolute Gasteiger partial charge is 0.351 e. The van der Waals surface area contributed by atoms with E-state index in [1.54, 1.807) is 24.3 Å². The van der Waals surface area contributed by atoms with Crippen molar-refractivity contribution in [3.63, 3.8) is 0 Å². The van der Waals surface area contributed by atoms with Crippen LogP contribution in [0.2, 0.25) is 0 Å². The van der Waals surface area contributed by atoms with E-state index in [4.69, 9.17) is 15.3 Å². The van der Waals surface area contributed by atoms with E-state index >= 15 is 0 Å². The zero-order valence-corrected chi connectivity index (χ0v) is 28.5. The summed E-state index contributed by atoms with van der Waals surface area (Å²) < 4.78 is 44.7. The summed E-state index contributed by atoms with van der Waals surface area (Å²) in [7, 11) is -3.40. The number of rotatable bonds is 15. The third kappa shape index (κ3) is 8.26. The van der Waals surface area contributed by atoms with Gasteiger partial charge in [-0.05, 0) is 37.6 Å². The maximum Gasteiger partial charge on any atom is 0.351 e. The van der Waals surface area contributed by atoms with Crippen LogP contribution < -0.4 is 31.0 Å². The first-order valence-electron chi connectivity index (χ1n) is 14.8. The van der Waals surface area contributed by atoms with Gasteiger partial charge in [-0.3, -0.25) is 14.9 Å². The number of carbonyl (C=O) groups is 3. The van der Waals surface area contributed by atoms with Gasteiger partial charge in [0.15, 0.2) is 10.8 Å². The van der Waals surface area contributed by atoms with Crippen LogP contribution in [0.1, 0.15) is 19.5 Å². The summed E-state index contributed by atoms with van der Waals surface area (Å²) in [4.78, 5) is 46.9. The maximum atomic E-state index is 13.2. The summed E-state index contributed by atoms with van der Waals surface area (Å²) in [6.45, 7) is 3.62. The number of nitrogens with one attached hydrogen (secondary N) is 3. The van der Waals surface area contributed by atoms with Crippen molar-refractivity contribution < 1.29 is 56.0 Å². The van der Waals surface area contributed by atoms with Gasteiger partial charge >= 0.3 is 5.97 Å². The molecule has 0 saturated carbocycles. The van der Waals surface area contributed by atoms with E-state index in [1.807, 2.05) is 29.9 Å². The van der Waals surface area contributed by atoms with Gasteiger partial charge in [-0.1, -0.05) is 17.3 Å². The van der Waals surface area contributed by atoms with Gasteiger partial charge in [-0.25, -0.2) is 22.8 Å². The lowest BCUT2D eigenvalue weighted by atomic mass is 9.84. The Morgan fingerprint density at radius 3 is 2.46 bits per heavy atom. The summed E-state index contributed by atoms with van der Waals surface area (Å²) in [6, 6.07) is 9.30. The van der Waals surface area contributed by atoms with Gasteiger partial charge in [0.1, 0.15) is 36.2 Å². The number of aryl methyl sites for hydroxylation is 1. The Bertz CT molecular complexity index is 1910. The van der Waals surface area contributed by atoms with E-state index in [0.717, 1.165) is 28.3 Å². The number of aromatic nitrogens is 2. The van der Waals surface area contributed by atoms with Crippen molar-refractivity contribution in [2.45, 2.75) is 37.1 Å². The van der Waals surface area contributed by atoms with Crippen LogP contribution in [0.15, 0.2) is 53.1 Å². The second-order valence-electron chi connectivity index (χ2n) is 12.0. The van der Waals surface area contributed by atoms with Crippen LogP contribution in [-0.4, -0.2) is 106 Å². The number of oxime groups is 1. The molecule has 2 atom stereocenters. The van der Waals surface area contributed by atoms with Crippen LogP contribution in [0, 0.1) is 0 Å². The minimum atomic E-state index is -5.27. The van der Waals surface area contributed by atoms with Crippen LogP contribution >= 0.6 is 11.3 Å². The minimum absolute atomic E-state index is 0.0463. The van der Waals surface area contributed by atoms with E-state index in [1.165, 1.54) is 19.2 Å². The number of thiazole rings is 1. The number of hydroxylamine groups is 2. The third-order valence-electron chi connectivity index (χ3n) is 7.87. The number of carboxylic acid groups (broad SMARTS) is 1. The third-order valence-corrected chi connectivity index (χ3v) is 8.88. The van der Waals surface area contributed by atoms with Crippen molar-refractivity contribution in [3.8, 4) is 16.9 Å². The molecule has 0 radical (unpaired) electrons.